The van der Waals surface area contributed by atoms with Crippen molar-refractivity contribution >= 4 is 34.3 Å². The number of hydrogen-bond donors (Lipinski definition) is 0. The third-order valence-corrected chi connectivity index (χ3v) is 5.72. The predicted molar refractivity (Wildman–Crippen MR) is 120 cm³/mol. The maximum absolute atomic E-state index is 6.46. The molecule has 1 fully saturated rings. The van der Waals surface area contributed by atoms with Gasteiger partial charge in [-0.05, 0) is 49.9 Å². The first kappa shape index (κ1) is 21.0. The quantitative estimate of drug-likeness (QED) is 0.374. The summed E-state index contributed by atoms with van der Waals surface area (Å²) in [5.41, 5.74) is 1.87. The molecule has 152 valence electrons. The number of para-hydroxylation sites is 1. The first-order chi connectivity index (χ1) is 13.3. The average Bonchev–Trinajstić information content (AvgIpc) is 3.07. The molecule has 1 atom stereocenters. The van der Waals surface area contributed by atoms with E-state index in [-0.39, 0.29) is 18.6 Å². The van der Waals surface area contributed by atoms with E-state index in [2.05, 4.69) is 36.1 Å². The number of nitrogens with zero attached hydrogens (tertiary/aromatic N) is 1. The Morgan fingerprint density at radius 2 is 1.79 bits per heavy atom. The van der Waals surface area contributed by atoms with Crippen LogP contribution in [0.5, 0.6) is 5.75 Å². The normalized spacial score (nSPS) is 17.7. The Morgan fingerprint density at radius 3 is 2.68 bits per heavy atom. The van der Waals surface area contributed by atoms with Crippen LogP contribution in [0.4, 0.5) is 0 Å². The number of hydrogen-bond acceptors (Lipinski definition) is 3. The maximum atomic E-state index is 6.46. The van der Waals surface area contributed by atoms with Crippen molar-refractivity contribution in [1.82, 2.24) is 4.90 Å². The number of unbranched alkanes of at least 4 members (excludes halogenated alkanes) is 4. The Bertz CT molecular complexity index is 875. The van der Waals surface area contributed by atoms with E-state index in [0.29, 0.717) is 0 Å². The predicted octanol–water partition coefficient (Wildman–Crippen LogP) is 7.17. The minimum atomic E-state index is 0. The Kier molecular flexibility index (Phi) is 7.64. The molecular weight excluding hydrogens is 370 g/mol. The van der Waals surface area contributed by atoms with Crippen LogP contribution >= 0.6 is 12.4 Å². The summed E-state index contributed by atoms with van der Waals surface area (Å²) in [5, 5.41) is 2.30. The summed E-state index contributed by atoms with van der Waals surface area (Å²) in [6, 6.07) is 14.5. The van der Waals surface area contributed by atoms with E-state index in [1.165, 1.54) is 44.9 Å². The van der Waals surface area contributed by atoms with Gasteiger partial charge < -0.3 is 9.15 Å². The van der Waals surface area contributed by atoms with Crippen LogP contribution in [0.25, 0.3) is 21.9 Å². The summed E-state index contributed by atoms with van der Waals surface area (Å²) in [5.74, 6) is 0.955. The Hall–Kier alpha value is -1.71. The molecule has 28 heavy (non-hydrogen) atoms. The van der Waals surface area contributed by atoms with Gasteiger partial charge in [-0.2, -0.15) is 0 Å². The van der Waals surface area contributed by atoms with Gasteiger partial charge in [0, 0.05) is 23.9 Å². The van der Waals surface area contributed by atoms with E-state index in [1.807, 2.05) is 18.2 Å². The zero-order valence-electron chi connectivity index (χ0n) is 16.9. The van der Waals surface area contributed by atoms with Crippen molar-refractivity contribution in [3.63, 3.8) is 0 Å². The van der Waals surface area contributed by atoms with Gasteiger partial charge in [0.1, 0.15) is 16.9 Å². The molecule has 0 bridgehead atoms. The second kappa shape index (κ2) is 10.2. The van der Waals surface area contributed by atoms with Crippen LogP contribution in [0.3, 0.4) is 0 Å². The van der Waals surface area contributed by atoms with Crippen molar-refractivity contribution in [3.8, 4) is 5.75 Å². The molecule has 2 heterocycles. The van der Waals surface area contributed by atoms with Crippen molar-refractivity contribution in [3.05, 3.63) is 42.5 Å². The van der Waals surface area contributed by atoms with Crippen molar-refractivity contribution in [2.75, 3.05) is 13.1 Å². The third kappa shape index (κ3) is 4.82. The molecule has 0 amide bonds. The number of piperidine rings is 1. The van der Waals surface area contributed by atoms with Gasteiger partial charge >= 0.3 is 0 Å². The molecule has 1 aliphatic heterocycles. The van der Waals surface area contributed by atoms with E-state index in [1.54, 1.807) is 0 Å². The van der Waals surface area contributed by atoms with Crippen LogP contribution < -0.4 is 4.74 Å². The topological polar surface area (TPSA) is 25.6 Å². The van der Waals surface area contributed by atoms with E-state index in [9.17, 15) is 0 Å². The number of likely N-dealkylation sites (tertiary alicyclic amines) is 1. The minimum Gasteiger partial charge on any atom is -0.475 e. The fourth-order valence-electron chi connectivity index (χ4n) is 4.20. The summed E-state index contributed by atoms with van der Waals surface area (Å²) < 4.78 is 12.4. The van der Waals surface area contributed by atoms with Gasteiger partial charge in [0.05, 0.1) is 0 Å². The number of halogens is 1. The molecule has 0 spiro atoms. The Labute approximate surface area is 174 Å². The molecule has 2 aromatic carbocycles. The average molecular weight is 402 g/mol. The summed E-state index contributed by atoms with van der Waals surface area (Å²) in [4.78, 5) is 2.55. The Morgan fingerprint density at radius 1 is 0.964 bits per heavy atom. The molecule has 0 aliphatic carbocycles. The lowest BCUT2D eigenvalue weighted by Gasteiger charge is -2.35. The maximum Gasteiger partial charge on any atom is 0.152 e. The van der Waals surface area contributed by atoms with Crippen LogP contribution in [-0.2, 0) is 0 Å². The zero-order chi connectivity index (χ0) is 18.5. The second-order valence-electron chi connectivity index (χ2n) is 7.77. The fourth-order valence-corrected chi connectivity index (χ4v) is 4.20. The van der Waals surface area contributed by atoms with Gasteiger partial charge in [-0.25, -0.2) is 0 Å². The molecule has 1 unspecified atom stereocenters. The van der Waals surface area contributed by atoms with Gasteiger partial charge in [-0.1, -0.05) is 50.8 Å². The van der Waals surface area contributed by atoms with Crippen molar-refractivity contribution in [2.45, 2.75) is 64.5 Å². The molecule has 0 radical (unpaired) electrons. The van der Waals surface area contributed by atoms with Crippen LogP contribution in [0.15, 0.2) is 46.9 Å². The molecule has 1 saturated heterocycles. The number of ether oxygens (including phenoxy) is 1. The highest BCUT2D eigenvalue weighted by atomic mass is 35.5. The summed E-state index contributed by atoms with van der Waals surface area (Å²) >= 11 is 0. The first-order valence-electron chi connectivity index (χ1n) is 10.7. The lowest BCUT2D eigenvalue weighted by atomic mass is 10.1. The zero-order valence-corrected chi connectivity index (χ0v) is 17.7. The number of benzene rings is 2. The Balaban J connectivity index is 0.00000225. The van der Waals surface area contributed by atoms with E-state index in [4.69, 9.17) is 9.15 Å². The van der Waals surface area contributed by atoms with E-state index >= 15 is 0 Å². The van der Waals surface area contributed by atoms with Crippen LogP contribution in [0, 0.1) is 0 Å². The third-order valence-electron chi connectivity index (χ3n) is 5.72. The monoisotopic (exact) mass is 401 g/mol. The van der Waals surface area contributed by atoms with Gasteiger partial charge in [0.25, 0.3) is 0 Å². The van der Waals surface area contributed by atoms with Crippen molar-refractivity contribution in [1.29, 1.82) is 0 Å². The smallest absolute Gasteiger partial charge is 0.152 e. The molecular formula is C24H32ClNO2. The molecule has 0 N–H and O–H groups in total. The van der Waals surface area contributed by atoms with Gasteiger partial charge in [0.2, 0.25) is 0 Å². The van der Waals surface area contributed by atoms with Crippen LogP contribution in [-0.4, -0.2) is 24.2 Å². The van der Waals surface area contributed by atoms with Gasteiger partial charge in [-0.3, -0.25) is 4.90 Å². The second-order valence-corrected chi connectivity index (χ2v) is 7.77. The number of furan rings is 1. The van der Waals surface area contributed by atoms with Crippen molar-refractivity contribution < 1.29 is 9.15 Å². The molecule has 1 aromatic heterocycles. The van der Waals surface area contributed by atoms with Crippen molar-refractivity contribution in [2.24, 2.45) is 0 Å². The molecule has 4 rings (SSSR count). The van der Waals surface area contributed by atoms with Crippen LogP contribution in [0.1, 0.15) is 58.3 Å². The largest absolute Gasteiger partial charge is 0.475 e. The summed E-state index contributed by atoms with van der Waals surface area (Å²) in [6.07, 6.45) is 10.5. The first-order valence-corrected chi connectivity index (χ1v) is 10.7. The summed E-state index contributed by atoms with van der Waals surface area (Å²) in [7, 11) is 0. The highest BCUT2D eigenvalue weighted by Crippen LogP contribution is 2.32. The fraction of sp³-hybridized carbons (Fsp3) is 0.500. The standard InChI is InChI=1S/C24H31NO2.ClH/c1-2-3-4-5-9-16-25-17-10-8-13-24(25)26-19-14-15-23-21(18-19)20-11-6-7-12-22(20)27-23;/h6-7,11-12,14-15,18,24H,2-5,8-10,13,16-17H2,1H3;1H. The molecule has 3 nitrogen and oxygen atoms in total. The highest BCUT2D eigenvalue weighted by molar-refractivity contribution is 6.05. The summed E-state index contributed by atoms with van der Waals surface area (Å²) in [6.45, 7) is 4.59. The number of rotatable bonds is 8. The van der Waals surface area contributed by atoms with E-state index in [0.717, 1.165) is 47.2 Å². The molecule has 4 heteroatoms. The molecule has 1 aliphatic rings. The van der Waals surface area contributed by atoms with E-state index < -0.39 is 0 Å². The van der Waals surface area contributed by atoms with Gasteiger partial charge in [-0.15, -0.1) is 12.4 Å². The minimum absolute atomic E-state index is 0. The lowest BCUT2D eigenvalue weighted by Crippen LogP contribution is -2.43. The number of fused-ring (bicyclic) bond motifs is 3. The highest BCUT2D eigenvalue weighted by Gasteiger charge is 2.23. The molecule has 3 aromatic rings. The van der Waals surface area contributed by atoms with Crippen LogP contribution in [0.2, 0.25) is 0 Å². The molecule has 0 saturated carbocycles. The van der Waals surface area contributed by atoms with Gasteiger partial charge in [0.15, 0.2) is 6.23 Å². The lowest BCUT2D eigenvalue weighted by molar-refractivity contribution is -0.00465. The SMILES string of the molecule is CCCCCCCN1CCCCC1Oc1ccc2oc3ccccc3c2c1.Cl.